The van der Waals surface area contributed by atoms with E-state index in [-0.39, 0.29) is 35.9 Å². The van der Waals surface area contributed by atoms with Crippen LogP contribution in [0, 0.1) is 35.0 Å². The van der Waals surface area contributed by atoms with Crippen molar-refractivity contribution < 1.29 is 9.59 Å². The fourth-order valence-electron chi connectivity index (χ4n) is 8.88. The van der Waals surface area contributed by atoms with Crippen molar-refractivity contribution >= 4 is 17.6 Å². The van der Waals surface area contributed by atoms with Gasteiger partial charge in [-0.3, -0.25) is 19.9 Å². The van der Waals surface area contributed by atoms with Gasteiger partial charge in [0.2, 0.25) is 11.8 Å². The molecule has 4 saturated carbocycles. The summed E-state index contributed by atoms with van der Waals surface area (Å²) >= 11 is 0. The predicted octanol–water partition coefficient (Wildman–Crippen LogP) is 3.95. The highest BCUT2D eigenvalue weighted by Crippen LogP contribution is 2.47. The molecule has 0 aromatic rings. The van der Waals surface area contributed by atoms with E-state index in [1.807, 2.05) is 0 Å². The molecule has 7 heteroatoms. The number of nitrogens with one attached hydrogen (secondary N) is 3. The van der Waals surface area contributed by atoms with Crippen LogP contribution in [0.2, 0.25) is 0 Å². The van der Waals surface area contributed by atoms with E-state index in [2.05, 4.69) is 15.5 Å². The number of hydrogen-bond donors (Lipinski definition) is 4. The SMILES string of the molecule is CC(=O)NC1CCC(NC(=O)C2CC3CCC(C(=N)N)CC3N2CC2CCCC3CCCCC32)CC1. The average molecular weight is 500 g/mol. The Bertz CT molecular complexity index is 807. The summed E-state index contributed by atoms with van der Waals surface area (Å²) in [7, 11) is 0. The Hall–Kier alpha value is -1.63. The predicted molar refractivity (Wildman–Crippen MR) is 142 cm³/mol. The molecule has 1 heterocycles. The molecule has 5 aliphatic rings. The monoisotopic (exact) mass is 499 g/mol. The van der Waals surface area contributed by atoms with Crippen molar-refractivity contribution in [1.82, 2.24) is 15.5 Å². The largest absolute Gasteiger partial charge is 0.387 e. The molecule has 7 atom stereocenters. The molecular formula is C29H49N5O2. The fourth-order valence-corrected chi connectivity index (χ4v) is 8.88. The summed E-state index contributed by atoms with van der Waals surface area (Å²) in [6.45, 7) is 2.64. The minimum atomic E-state index is -0.0391. The van der Waals surface area contributed by atoms with Crippen LogP contribution in [0.4, 0.5) is 0 Å². The van der Waals surface area contributed by atoms with Crippen LogP contribution >= 0.6 is 0 Å². The molecule has 1 aliphatic heterocycles. The summed E-state index contributed by atoms with van der Waals surface area (Å²) in [5.74, 6) is 3.78. The molecule has 5 N–H and O–H groups in total. The normalized spacial score (nSPS) is 41.1. The molecule has 2 amide bonds. The first-order valence-corrected chi connectivity index (χ1v) is 15.1. The second-order valence-electron chi connectivity index (χ2n) is 12.9. The van der Waals surface area contributed by atoms with Crippen LogP contribution in [0.5, 0.6) is 0 Å². The van der Waals surface area contributed by atoms with Gasteiger partial charge in [-0.1, -0.05) is 32.1 Å². The van der Waals surface area contributed by atoms with E-state index in [0.29, 0.717) is 23.7 Å². The molecule has 202 valence electrons. The zero-order valence-corrected chi connectivity index (χ0v) is 22.4. The minimum Gasteiger partial charge on any atom is -0.387 e. The van der Waals surface area contributed by atoms with E-state index in [1.54, 1.807) is 6.92 Å². The third-order valence-corrected chi connectivity index (χ3v) is 10.7. The Kier molecular flexibility index (Phi) is 8.24. The molecule has 0 aromatic carbocycles. The summed E-state index contributed by atoms with van der Waals surface area (Å²) in [5.41, 5.74) is 5.99. The van der Waals surface area contributed by atoms with Gasteiger partial charge in [-0.2, -0.15) is 0 Å². The highest BCUT2D eigenvalue weighted by Gasteiger charge is 2.49. The smallest absolute Gasteiger partial charge is 0.237 e. The van der Waals surface area contributed by atoms with Crippen molar-refractivity contribution in [2.45, 2.75) is 127 Å². The van der Waals surface area contributed by atoms with Crippen LogP contribution in [-0.4, -0.2) is 53.3 Å². The van der Waals surface area contributed by atoms with Crippen LogP contribution < -0.4 is 16.4 Å². The summed E-state index contributed by atoms with van der Waals surface area (Å²) in [6, 6.07) is 0.819. The van der Waals surface area contributed by atoms with E-state index < -0.39 is 0 Å². The molecule has 0 aromatic heterocycles. The van der Waals surface area contributed by atoms with E-state index in [1.165, 1.54) is 44.9 Å². The molecule has 1 saturated heterocycles. The van der Waals surface area contributed by atoms with Gasteiger partial charge in [0, 0.05) is 37.5 Å². The van der Waals surface area contributed by atoms with Crippen molar-refractivity contribution in [3.8, 4) is 0 Å². The van der Waals surface area contributed by atoms with Gasteiger partial charge in [0.15, 0.2) is 0 Å². The average Bonchev–Trinajstić information content (AvgIpc) is 3.23. The van der Waals surface area contributed by atoms with Crippen molar-refractivity contribution in [1.29, 1.82) is 5.41 Å². The maximum absolute atomic E-state index is 13.8. The van der Waals surface area contributed by atoms with Gasteiger partial charge >= 0.3 is 0 Å². The summed E-state index contributed by atoms with van der Waals surface area (Å²) in [4.78, 5) is 27.8. The molecule has 7 unspecified atom stereocenters. The van der Waals surface area contributed by atoms with Gasteiger partial charge in [-0.05, 0) is 87.9 Å². The van der Waals surface area contributed by atoms with Gasteiger partial charge in [-0.25, -0.2) is 0 Å². The fraction of sp³-hybridized carbons (Fsp3) is 0.897. The number of likely N-dealkylation sites (tertiary alicyclic amines) is 1. The number of amides is 2. The van der Waals surface area contributed by atoms with Crippen LogP contribution in [0.1, 0.15) is 103 Å². The molecule has 5 rings (SSSR count). The number of nitrogens with two attached hydrogens (primary N) is 1. The maximum atomic E-state index is 13.8. The zero-order chi connectivity index (χ0) is 25.2. The Balaban J connectivity index is 1.27. The van der Waals surface area contributed by atoms with Gasteiger partial charge in [0.05, 0.1) is 11.9 Å². The lowest BCUT2D eigenvalue weighted by atomic mass is 9.65. The first-order chi connectivity index (χ1) is 17.4. The van der Waals surface area contributed by atoms with Crippen molar-refractivity contribution in [3.63, 3.8) is 0 Å². The standard InChI is InChI=1S/C29H49N5O2/c1-18(35)32-23-11-13-24(14-12-23)33-29(36)27-15-20-9-10-21(28(30)31)16-26(20)34(27)17-22-7-4-6-19-5-2-3-8-25(19)22/h19-27H,2-17H2,1H3,(H3,30,31)(H,32,35)(H,33,36). The Morgan fingerprint density at radius 1 is 0.833 bits per heavy atom. The quantitative estimate of drug-likeness (QED) is 0.327. The Morgan fingerprint density at radius 3 is 2.25 bits per heavy atom. The molecule has 0 bridgehead atoms. The summed E-state index contributed by atoms with van der Waals surface area (Å²) < 4.78 is 0. The number of fused-ring (bicyclic) bond motifs is 2. The van der Waals surface area contributed by atoms with Crippen molar-refractivity contribution in [3.05, 3.63) is 0 Å². The number of carbonyl (C=O) groups is 2. The molecule has 4 aliphatic carbocycles. The van der Waals surface area contributed by atoms with E-state index in [4.69, 9.17) is 11.1 Å². The van der Waals surface area contributed by atoms with E-state index >= 15 is 0 Å². The molecule has 0 spiro atoms. The minimum absolute atomic E-state index is 0.0391. The second-order valence-corrected chi connectivity index (χ2v) is 12.9. The molecule has 0 radical (unpaired) electrons. The highest BCUT2D eigenvalue weighted by atomic mass is 16.2. The number of hydrogen-bond acceptors (Lipinski definition) is 4. The topological polar surface area (TPSA) is 111 Å². The van der Waals surface area contributed by atoms with E-state index in [9.17, 15) is 9.59 Å². The third kappa shape index (κ3) is 5.76. The Labute approximate surface area is 217 Å². The number of rotatable bonds is 6. The van der Waals surface area contributed by atoms with Gasteiger partial charge < -0.3 is 16.4 Å². The summed E-state index contributed by atoms with van der Waals surface area (Å²) in [6.07, 6.45) is 17.4. The highest BCUT2D eigenvalue weighted by molar-refractivity contribution is 5.83. The van der Waals surface area contributed by atoms with Crippen molar-refractivity contribution in [2.75, 3.05) is 6.54 Å². The molecule has 36 heavy (non-hydrogen) atoms. The Morgan fingerprint density at radius 2 is 1.53 bits per heavy atom. The first kappa shape index (κ1) is 26.0. The molecule has 7 nitrogen and oxygen atoms in total. The van der Waals surface area contributed by atoms with Gasteiger partial charge in [0.1, 0.15) is 0 Å². The van der Waals surface area contributed by atoms with Gasteiger partial charge in [0.25, 0.3) is 0 Å². The van der Waals surface area contributed by atoms with Crippen LogP contribution in [0.3, 0.4) is 0 Å². The zero-order valence-electron chi connectivity index (χ0n) is 22.4. The first-order valence-electron chi connectivity index (χ1n) is 15.1. The van der Waals surface area contributed by atoms with Crippen LogP contribution in [0.15, 0.2) is 0 Å². The number of carbonyl (C=O) groups excluding carboxylic acids is 2. The number of nitrogens with zero attached hydrogens (tertiary/aromatic N) is 1. The van der Waals surface area contributed by atoms with Crippen LogP contribution in [-0.2, 0) is 9.59 Å². The van der Waals surface area contributed by atoms with Gasteiger partial charge in [-0.15, -0.1) is 0 Å². The third-order valence-electron chi connectivity index (χ3n) is 10.7. The molecular weight excluding hydrogens is 450 g/mol. The number of amidine groups is 1. The van der Waals surface area contributed by atoms with E-state index in [0.717, 1.165) is 69.7 Å². The maximum Gasteiger partial charge on any atom is 0.237 e. The second kappa shape index (κ2) is 11.4. The molecule has 5 fully saturated rings. The summed E-state index contributed by atoms with van der Waals surface area (Å²) in [5, 5.41) is 14.6. The van der Waals surface area contributed by atoms with Crippen molar-refractivity contribution in [2.24, 2.45) is 35.3 Å². The lowest BCUT2D eigenvalue weighted by molar-refractivity contribution is -0.127. The van der Waals surface area contributed by atoms with Crippen LogP contribution in [0.25, 0.3) is 0 Å². The lowest BCUT2D eigenvalue weighted by Crippen LogP contribution is -2.53. The lowest BCUT2D eigenvalue weighted by Gasteiger charge is -2.45.